The van der Waals surface area contributed by atoms with Gasteiger partial charge in [0.2, 0.25) is 0 Å². The summed E-state index contributed by atoms with van der Waals surface area (Å²) in [6.45, 7) is 2.51. The van der Waals surface area contributed by atoms with Gasteiger partial charge in [-0.2, -0.15) is 0 Å². The van der Waals surface area contributed by atoms with E-state index in [9.17, 15) is 5.11 Å². The maximum absolute atomic E-state index is 10.2. The number of para-hydroxylation sites is 1. The molecule has 1 unspecified atom stereocenters. The van der Waals surface area contributed by atoms with Crippen molar-refractivity contribution in [3.63, 3.8) is 0 Å². The molecule has 112 valence electrons. The van der Waals surface area contributed by atoms with Crippen LogP contribution in [-0.4, -0.2) is 18.8 Å². The molecule has 2 rings (SSSR count). The lowest BCUT2D eigenvalue weighted by Gasteiger charge is -2.19. The average molecular weight is 306 g/mol. The fourth-order valence-electron chi connectivity index (χ4n) is 2.23. The number of hydrogen-bond acceptors (Lipinski definition) is 3. The maximum Gasteiger partial charge on any atom is 0.123 e. The van der Waals surface area contributed by atoms with Crippen molar-refractivity contribution in [2.45, 2.75) is 19.1 Å². The first-order valence-corrected chi connectivity index (χ1v) is 7.29. The molecule has 0 spiro atoms. The van der Waals surface area contributed by atoms with Gasteiger partial charge in [-0.15, -0.1) is 0 Å². The van der Waals surface area contributed by atoms with Gasteiger partial charge in [-0.05, 0) is 30.7 Å². The van der Waals surface area contributed by atoms with Crippen LogP contribution in [0.3, 0.4) is 0 Å². The summed E-state index contributed by atoms with van der Waals surface area (Å²) in [7, 11) is 1.66. The molecule has 0 saturated heterocycles. The molecule has 2 atom stereocenters. The first-order valence-electron chi connectivity index (χ1n) is 6.91. The third kappa shape index (κ3) is 4.21. The third-order valence-electron chi connectivity index (χ3n) is 3.48. The standard InChI is InChI=1S/C17H20ClNO2/c1-12(15-5-3-4-6-17(15)21-2)19-11-16(20)13-7-9-14(18)10-8-13/h3-10,12,16,19-20H,11H2,1-2H3/t12-,16?/m1/s1. The summed E-state index contributed by atoms with van der Waals surface area (Å²) in [4.78, 5) is 0. The van der Waals surface area contributed by atoms with E-state index in [0.717, 1.165) is 16.9 Å². The first kappa shape index (κ1) is 15.8. The Balaban J connectivity index is 1.97. The minimum atomic E-state index is -0.570. The highest BCUT2D eigenvalue weighted by atomic mass is 35.5. The topological polar surface area (TPSA) is 41.5 Å². The van der Waals surface area contributed by atoms with Crippen LogP contribution in [0.1, 0.15) is 30.2 Å². The van der Waals surface area contributed by atoms with Crippen molar-refractivity contribution in [1.82, 2.24) is 5.32 Å². The van der Waals surface area contributed by atoms with E-state index in [1.54, 1.807) is 19.2 Å². The Labute approximate surface area is 130 Å². The van der Waals surface area contributed by atoms with Crippen LogP contribution in [0.4, 0.5) is 0 Å². The van der Waals surface area contributed by atoms with Gasteiger partial charge in [-0.25, -0.2) is 0 Å². The minimum Gasteiger partial charge on any atom is -0.496 e. The molecule has 3 nitrogen and oxygen atoms in total. The highest BCUT2D eigenvalue weighted by molar-refractivity contribution is 6.30. The monoisotopic (exact) mass is 305 g/mol. The molecule has 21 heavy (non-hydrogen) atoms. The number of aliphatic hydroxyl groups excluding tert-OH is 1. The van der Waals surface area contributed by atoms with Gasteiger partial charge < -0.3 is 15.2 Å². The van der Waals surface area contributed by atoms with Crippen molar-refractivity contribution in [2.75, 3.05) is 13.7 Å². The normalized spacial score (nSPS) is 13.7. The molecule has 4 heteroatoms. The summed E-state index contributed by atoms with van der Waals surface area (Å²) >= 11 is 5.85. The summed E-state index contributed by atoms with van der Waals surface area (Å²) < 4.78 is 5.35. The number of nitrogens with one attached hydrogen (secondary N) is 1. The smallest absolute Gasteiger partial charge is 0.123 e. The fourth-order valence-corrected chi connectivity index (χ4v) is 2.35. The van der Waals surface area contributed by atoms with Crippen molar-refractivity contribution < 1.29 is 9.84 Å². The van der Waals surface area contributed by atoms with Gasteiger partial charge in [0.05, 0.1) is 13.2 Å². The predicted molar refractivity (Wildman–Crippen MR) is 85.8 cm³/mol. The Bertz CT molecular complexity index is 571. The first-order chi connectivity index (χ1) is 10.1. The van der Waals surface area contributed by atoms with Crippen molar-refractivity contribution in [1.29, 1.82) is 0 Å². The van der Waals surface area contributed by atoms with Crippen molar-refractivity contribution >= 4 is 11.6 Å². The van der Waals surface area contributed by atoms with Gasteiger partial charge in [0.15, 0.2) is 0 Å². The van der Waals surface area contributed by atoms with Gasteiger partial charge in [-0.1, -0.05) is 41.9 Å². The Kier molecular flexibility index (Phi) is 5.62. The molecule has 0 aliphatic heterocycles. The van der Waals surface area contributed by atoms with Gasteiger partial charge in [0, 0.05) is 23.2 Å². The Hall–Kier alpha value is -1.55. The number of aliphatic hydroxyl groups is 1. The zero-order valence-corrected chi connectivity index (χ0v) is 13.0. The average Bonchev–Trinajstić information content (AvgIpc) is 2.52. The van der Waals surface area contributed by atoms with E-state index in [4.69, 9.17) is 16.3 Å². The molecule has 2 N–H and O–H groups in total. The van der Waals surface area contributed by atoms with E-state index in [-0.39, 0.29) is 6.04 Å². The number of benzene rings is 2. The fraction of sp³-hybridized carbons (Fsp3) is 0.294. The molecular formula is C17H20ClNO2. The quantitative estimate of drug-likeness (QED) is 0.854. The van der Waals surface area contributed by atoms with Crippen LogP contribution in [0, 0.1) is 0 Å². The molecule has 0 aromatic heterocycles. The highest BCUT2D eigenvalue weighted by Crippen LogP contribution is 2.25. The van der Waals surface area contributed by atoms with Crippen molar-refractivity contribution in [3.05, 3.63) is 64.7 Å². The lowest BCUT2D eigenvalue weighted by molar-refractivity contribution is 0.170. The summed E-state index contributed by atoms with van der Waals surface area (Å²) in [6, 6.07) is 15.2. The number of methoxy groups -OCH3 is 1. The zero-order chi connectivity index (χ0) is 15.2. The molecule has 0 bridgehead atoms. The Morgan fingerprint density at radius 2 is 1.81 bits per heavy atom. The summed E-state index contributed by atoms with van der Waals surface area (Å²) in [5.74, 6) is 0.846. The second-order valence-electron chi connectivity index (χ2n) is 4.94. The van der Waals surface area contributed by atoms with Crippen molar-refractivity contribution in [2.24, 2.45) is 0 Å². The molecular weight excluding hydrogens is 286 g/mol. The number of ether oxygens (including phenoxy) is 1. The van der Waals surface area contributed by atoms with E-state index in [1.165, 1.54) is 0 Å². The van der Waals surface area contributed by atoms with E-state index in [2.05, 4.69) is 5.32 Å². The second kappa shape index (κ2) is 7.46. The maximum atomic E-state index is 10.2. The largest absolute Gasteiger partial charge is 0.496 e. The van der Waals surface area contributed by atoms with Crippen LogP contribution in [0.5, 0.6) is 5.75 Å². The van der Waals surface area contributed by atoms with E-state index < -0.39 is 6.10 Å². The lowest BCUT2D eigenvalue weighted by atomic mass is 10.1. The lowest BCUT2D eigenvalue weighted by Crippen LogP contribution is -2.25. The number of halogens is 1. The SMILES string of the molecule is COc1ccccc1[C@@H](C)NCC(O)c1ccc(Cl)cc1. The Morgan fingerprint density at radius 1 is 1.14 bits per heavy atom. The molecule has 0 heterocycles. The van der Waals surface area contributed by atoms with Crippen LogP contribution in [0.25, 0.3) is 0 Å². The van der Waals surface area contributed by atoms with Gasteiger partial charge in [-0.3, -0.25) is 0 Å². The number of rotatable bonds is 6. The summed E-state index contributed by atoms with van der Waals surface area (Å²) in [6.07, 6.45) is -0.570. The molecule has 0 radical (unpaired) electrons. The molecule has 0 aliphatic carbocycles. The molecule has 0 fully saturated rings. The minimum absolute atomic E-state index is 0.0862. The molecule has 2 aromatic carbocycles. The van der Waals surface area contributed by atoms with Gasteiger partial charge in [0.25, 0.3) is 0 Å². The van der Waals surface area contributed by atoms with Crippen LogP contribution in [0.15, 0.2) is 48.5 Å². The second-order valence-corrected chi connectivity index (χ2v) is 5.38. The van der Waals surface area contributed by atoms with Crippen LogP contribution >= 0.6 is 11.6 Å². The van der Waals surface area contributed by atoms with Crippen LogP contribution < -0.4 is 10.1 Å². The molecule has 0 saturated carbocycles. The summed E-state index contributed by atoms with van der Waals surface area (Å²) in [5, 5.41) is 14.2. The zero-order valence-electron chi connectivity index (χ0n) is 12.2. The van der Waals surface area contributed by atoms with Crippen molar-refractivity contribution in [3.8, 4) is 5.75 Å². The molecule has 0 aliphatic rings. The Morgan fingerprint density at radius 3 is 2.48 bits per heavy atom. The van der Waals surface area contributed by atoms with Crippen LogP contribution in [0.2, 0.25) is 5.02 Å². The predicted octanol–water partition coefficient (Wildman–Crippen LogP) is 3.73. The molecule has 2 aromatic rings. The third-order valence-corrected chi connectivity index (χ3v) is 3.73. The van der Waals surface area contributed by atoms with Crippen LogP contribution in [-0.2, 0) is 0 Å². The van der Waals surface area contributed by atoms with E-state index in [0.29, 0.717) is 11.6 Å². The van der Waals surface area contributed by atoms with Gasteiger partial charge >= 0.3 is 0 Å². The highest BCUT2D eigenvalue weighted by Gasteiger charge is 2.13. The summed E-state index contributed by atoms with van der Waals surface area (Å²) in [5.41, 5.74) is 1.92. The van der Waals surface area contributed by atoms with E-state index in [1.807, 2.05) is 43.3 Å². The molecule has 0 amide bonds. The van der Waals surface area contributed by atoms with Gasteiger partial charge in [0.1, 0.15) is 5.75 Å². The number of hydrogen-bond donors (Lipinski definition) is 2. The van der Waals surface area contributed by atoms with E-state index >= 15 is 0 Å².